The van der Waals surface area contributed by atoms with Gasteiger partial charge in [0.1, 0.15) is 5.75 Å². The minimum Gasteiger partial charge on any atom is -0.497 e. The first-order valence-corrected chi connectivity index (χ1v) is 8.87. The van der Waals surface area contributed by atoms with Crippen molar-refractivity contribution in [2.75, 3.05) is 12.4 Å². The van der Waals surface area contributed by atoms with Crippen molar-refractivity contribution in [1.29, 1.82) is 0 Å². The first-order valence-electron chi connectivity index (χ1n) is 8.87. The van der Waals surface area contributed by atoms with Crippen LogP contribution < -0.4 is 15.4 Å². The summed E-state index contributed by atoms with van der Waals surface area (Å²) in [7, 11) is 1.54. The smallest absolute Gasteiger partial charge is 0.305 e. The molecule has 3 N–H and O–H groups in total. The Morgan fingerprint density at radius 3 is 2.32 bits per heavy atom. The van der Waals surface area contributed by atoms with Gasteiger partial charge in [0, 0.05) is 17.2 Å². The van der Waals surface area contributed by atoms with Crippen LogP contribution in [0.1, 0.15) is 42.2 Å². The monoisotopic (exact) mass is 384 g/mol. The van der Waals surface area contributed by atoms with E-state index >= 15 is 0 Å². The zero-order valence-electron chi connectivity index (χ0n) is 16.1. The van der Waals surface area contributed by atoms with Gasteiger partial charge in [-0.15, -0.1) is 0 Å². The Kier molecular flexibility index (Phi) is 7.14. The molecule has 1 unspecified atom stereocenters. The molecule has 2 aromatic carbocycles. The maximum atomic E-state index is 12.7. The number of aliphatic carboxylic acids is 1. The minimum atomic E-state index is -1.03. The topological polar surface area (TPSA) is 105 Å². The Balaban J connectivity index is 2.18. The highest BCUT2D eigenvalue weighted by Gasteiger charge is 2.19. The molecular formula is C21H24N2O5. The van der Waals surface area contributed by atoms with Crippen LogP contribution in [-0.4, -0.2) is 30.0 Å². The number of methoxy groups -OCH3 is 1. The molecule has 2 amide bonds. The lowest BCUT2D eigenvalue weighted by atomic mass is 10.0. The van der Waals surface area contributed by atoms with E-state index in [0.29, 0.717) is 22.6 Å². The van der Waals surface area contributed by atoms with Crippen LogP contribution in [0.2, 0.25) is 0 Å². The average Bonchev–Trinajstić information content (AvgIpc) is 2.67. The van der Waals surface area contributed by atoms with Crippen molar-refractivity contribution in [2.24, 2.45) is 5.92 Å². The Hall–Kier alpha value is -3.35. The van der Waals surface area contributed by atoms with Crippen molar-refractivity contribution in [3.63, 3.8) is 0 Å². The number of rotatable bonds is 8. The van der Waals surface area contributed by atoms with Crippen LogP contribution in [0.3, 0.4) is 0 Å². The highest BCUT2D eigenvalue weighted by Crippen LogP contribution is 2.21. The van der Waals surface area contributed by atoms with Crippen LogP contribution in [0.5, 0.6) is 5.75 Å². The first-order chi connectivity index (χ1) is 13.3. The third-order valence-electron chi connectivity index (χ3n) is 4.12. The van der Waals surface area contributed by atoms with E-state index in [0.717, 1.165) is 0 Å². The number of ether oxygens (including phenoxy) is 1. The molecule has 0 aliphatic heterocycles. The van der Waals surface area contributed by atoms with Crippen LogP contribution in [0.4, 0.5) is 5.69 Å². The summed E-state index contributed by atoms with van der Waals surface area (Å²) in [5.74, 6) is -1.16. The van der Waals surface area contributed by atoms with Gasteiger partial charge in [-0.3, -0.25) is 14.4 Å². The molecule has 0 radical (unpaired) electrons. The molecule has 0 spiro atoms. The van der Waals surface area contributed by atoms with Gasteiger partial charge in [0.15, 0.2) is 0 Å². The lowest BCUT2D eigenvalue weighted by molar-refractivity contribution is -0.137. The van der Waals surface area contributed by atoms with Gasteiger partial charge in [-0.05, 0) is 35.9 Å². The maximum absolute atomic E-state index is 12.7. The lowest BCUT2D eigenvalue weighted by Gasteiger charge is -2.18. The summed E-state index contributed by atoms with van der Waals surface area (Å²) in [6.07, 6.45) is -0.262. The molecule has 7 nitrogen and oxygen atoms in total. The van der Waals surface area contributed by atoms with Gasteiger partial charge in [-0.25, -0.2) is 0 Å². The van der Waals surface area contributed by atoms with E-state index in [1.54, 1.807) is 62.4 Å². The number of amides is 2. The Bertz CT molecular complexity index is 846. The molecule has 1 atom stereocenters. The van der Waals surface area contributed by atoms with E-state index in [9.17, 15) is 19.5 Å². The largest absolute Gasteiger partial charge is 0.497 e. The highest BCUT2D eigenvalue weighted by molar-refractivity contribution is 5.97. The summed E-state index contributed by atoms with van der Waals surface area (Å²) in [6, 6.07) is 12.6. The van der Waals surface area contributed by atoms with Gasteiger partial charge in [0.25, 0.3) is 5.91 Å². The summed E-state index contributed by atoms with van der Waals surface area (Å²) in [5.41, 5.74) is 1.48. The normalized spacial score (nSPS) is 11.6. The number of anilines is 1. The third kappa shape index (κ3) is 5.84. The summed E-state index contributed by atoms with van der Waals surface area (Å²) >= 11 is 0. The number of carbonyl (C=O) groups is 3. The second-order valence-electron chi connectivity index (χ2n) is 6.62. The van der Waals surface area contributed by atoms with Gasteiger partial charge < -0.3 is 20.5 Å². The number of hydrogen-bond acceptors (Lipinski definition) is 4. The predicted octanol–water partition coefficient (Wildman–Crippen LogP) is 3.24. The van der Waals surface area contributed by atoms with E-state index in [4.69, 9.17) is 4.74 Å². The quantitative estimate of drug-likeness (QED) is 0.648. The zero-order valence-corrected chi connectivity index (χ0v) is 16.1. The fraction of sp³-hybridized carbons (Fsp3) is 0.286. The summed E-state index contributed by atoms with van der Waals surface area (Å²) in [5, 5.41) is 14.7. The summed E-state index contributed by atoms with van der Waals surface area (Å²) < 4.78 is 5.10. The molecule has 7 heteroatoms. The first kappa shape index (κ1) is 21.0. The number of carboxylic acids is 1. The molecule has 0 aliphatic carbocycles. The molecule has 0 bridgehead atoms. The number of benzene rings is 2. The van der Waals surface area contributed by atoms with Crippen molar-refractivity contribution in [3.05, 3.63) is 59.7 Å². The van der Waals surface area contributed by atoms with Crippen molar-refractivity contribution in [1.82, 2.24) is 5.32 Å². The fourth-order valence-electron chi connectivity index (χ4n) is 2.53. The van der Waals surface area contributed by atoms with E-state index < -0.39 is 17.9 Å². The molecule has 2 rings (SSSR count). The standard InChI is InChI=1S/C21H24N2O5/c1-13(2)20(26)22-16-6-4-5-15(11-16)21(27)23-18(12-19(24)25)14-7-9-17(28-3)10-8-14/h4-11,13,18H,12H2,1-3H3,(H,22,26)(H,23,27)(H,24,25). The van der Waals surface area contributed by atoms with E-state index in [-0.39, 0.29) is 18.2 Å². The molecule has 28 heavy (non-hydrogen) atoms. The minimum absolute atomic E-state index is 0.153. The molecule has 0 saturated carbocycles. The number of hydrogen-bond donors (Lipinski definition) is 3. The SMILES string of the molecule is COc1ccc(C(CC(=O)O)NC(=O)c2cccc(NC(=O)C(C)C)c2)cc1. The number of carbonyl (C=O) groups excluding carboxylic acids is 2. The Morgan fingerprint density at radius 1 is 1.07 bits per heavy atom. The molecule has 2 aromatic rings. The van der Waals surface area contributed by atoms with Crippen molar-refractivity contribution in [2.45, 2.75) is 26.3 Å². The zero-order chi connectivity index (χ0) is 20.7. The molecule has 0 saturated heterocycles. The van der Waals surface area contributed by atoms with E-state index in [2.05, 4.69) is 10.6 Å². The van der Waals surface area contributed by atoms with Crippen LogP contribution in [0.25, 0.3) is 0 Å². The van der Waals surface area contributed by atoms with Crippen molar-refractivity contribution >= 4 is 23.5 Å². The number of carboxylic acid groups (broad SMARTS) is 1. The average molecular weight is 384 g/mol. The van der Waals surface area contributed by atoms with Gasteiger partial charge in [0.05, 0.1) is 19.6 Å². The van der Waals surface area contributed by atoms with Gasteiger partial charge in [-0.1, -0.05) is 32.0 Å². The second-order valence-corrected chi connectivity index (χ2v) is 6.62. The van der Waals surface area contributed by atoms with Crippen LogP contribution in [0.15, 0.2) is 48.5 Å². The summed E-state index contributed by atoms with van der Waals surface area (Å²) in [4.78, 5) is 35.7. The third-order valence-corrected chi connectivity index (χ3v) is 4.12. The van der Waals surface area contributed by atoms with E-state index in [1.165, 1.54) is 7.11 Å². The maximum Gasteiger partial charge on any atom is 0.305 e. The Labute approximate surface area is 163 Å². The number of nitrogens with one attached hydrogen (secondary N) is 2. The summed E-state index contributed by atoms with van der Waals surface area (Å²) in [6.45, 7) is 3.55. The molecule has 0 heterocycles. The van der Waals surface area contributed by atoms with Gasteiger partial charge in [-0.2, -0.15) is 0 Å². The van der Waals surface area contributed by atoms with Crippen molar-refractivity contribution in [3.8, 4) is 5.75 Å². The molecule has 0 aromatic heterocycles. The highest BCUT2D eigenvalue weighted by atomic mass is 16.5. The van der Waals surface area contributed by atoms with Crippen LogP contribution >= 0.6 is 0 Å². The van der Waals surface area contributed by atoms with E-state index in [1.807, 2.05) is 0 Å². The van der Waals surface area contributed by atoms with Gasteiger partial charge >= 0.3 is 5.97 Å². The van der Waals surface area contributed by atoms with Gasteiger partial charge in [0.2, 0.25) is 5.91 Å². The fourth-order valence-corrected chi connectivity index (χ4v) is 2.53. The van der Waals surface area contributed by atoms with Crippen molar-refractivity contribution < 1.29 is 24.2 Å². The van der Waals surface area contributed by atoms with Crippen LogP contribution in [-0.2, 0) is 9.59 Å². The molecule has 148 valence electrons. The molecule has 0 fully saturated rings. The second kappa shape index (κ2) is 9.55. The lowest BCUT2D eigenvalue weighted by Crippen LogP contribution is -2.30. The van der Waals surface area contributed by atoms with Crippen LogP contribution in [0, 0.1) is 5.92 Å². The molecule has 0 aliphatic rings. The Morgan fingerprint density at radius 2 is 1.75 bits per heavy atom. The molecular weight excluding hydrogens is 360 g/mol. The predicted molar refractivity (Wildman–Crippen MR) is 105 cm³/mol.